The molecule has 0 N–H and O–H groups in total. The van der Waals surface area contributed by atoms with Gasteiger partial charge in [-0.25, -0.2) is 17.7 Å². The number of carbonyl (C=O) groups excluding carboxylic acids is 1. The molecular formula is C23H27N3O4S2. The van der Waals surface area contributed by atoms with Crippen molar-refractivity contribution in [1.29, 1.82) is 0 Å². The Morgan fingerprint density at radius 2 is 1.94 bits per heavy atom. The zero-order chi connectivity index (χ0) is 22.9. The first-order chi connectivity index (χ1) is 15.3. The van der Waals surface area contributed by atoms with Gasteiger partial charge in [0, 0.05) is 26.3 Å². The Balaban J connectivity index is 1.68. The first-order valence-corrected chi connectivity index (χ1v) is 12.9. The Morgan fingerprint density at radius 1 is 1.19 bits per heavy atom. The first-order valence-electron chi connectivity index (χ1n) is 10.6. The highest BCUT2D eigenvalue weighted by atomic mass is 32.2. The molecule has 1 aromatic heterocycles. The number of anilines is 1. The van der Waals surface area contributed by atoms with Crippen molar-refractivity contribution in [3.05, 3.63) is 53.6 Å². The van der Waals surface area contributed by atoms with Crippen LogP contribution < -0.4 is 4.90 Å². The number of nitrogens with zero attached hydrogens (tertiary/aromatic N) is 3. The lowest BCUT2D eigenvalue weighted by Gasteiger charge is -2.23. The molecule has 1 saturated heterocycles. The summed E-state index contributed by atoms with van der Waals surface area (Å²) in [5.74, 6) is -0.218. The van der Waals surface area contributed by atoms with E-state index in [0.717, 1.165) is 33.8 Å². The molecule has 1 amide bonds. The van der Waals surface area contributed by atoms with Gasteiger partial charge in [0.1, 0.15) is 0 Å². The molecule has 32 heavy (non-hydrogen) atoms. The predicted molar refractivity (Wildman–Crippen MR) is 127 cm³/mol. The van der Waals surface area contributed by atoms with Gasteiger partial charge >= 0.3 is 0 Å². The maximum atomic E-state index is 13.5. The van der Waals surface area contributed by atoms with Gasteiger partial charge in [-0.05, 0) is 61.2 Å². The van der Waals surface area contributed by atoms with E-state index in [-0.39, 0.29) is 16.9 Å². The molecule has 0 radical (unpaired) electrons. The summed E-state index contributed by atoms with van der Waals surface area (Å²) in [6.07, 6.45) is 2.77. The SMILES string of the molecule is CCc1ccc2nc(N(CC3CCCO3)C(=O)c3ccc(S(=O)(=O)N(C)C)cc3)sc2c1. The molecule has 9 heteroatoms. The molecule has 1 atom stereocenters. The van der Waals surface area contributed by atoms with Crippen molar-refractivity contribution in [3.8, 4) is 0 Å². The van der Waals surface area contributed by atoms with Gasteiger partial charge in [0.15, 0.2) is 5.13 Å². The van der Waals surface area contributed by atoms with Crippen LogP contribution in [-0.2, 0) is 21.2 Å². The molecule has 170 valence electrons. The van der Waals surface area contributed by atoms with Crippen molar-refractivity contribution in [3.63, 3.8) is 0 Å². The lowest BCUT2D eigenvalue weighted by molar-refractivity contribution is 0.0917. The summed E-state index contributed by atoms with van der Waals surface area (Å²) in [4.78, 5) is 20.0. The monoisotopic (exact) mass is 473 g/mol. The highest BCUT2D eigenvalue weighted by molar-refractivity contribution is 7.89. The van der Waals surface area contributed by atoms with Crippen LogP contribution >= 0.6 is 11.3 Å². The molecule has 0 saturated carbocycles. The third-order valence-corrected chi connectivity index (χ3v) is 8.49. The average molecular weight is 474 g/mol. The highest BCUT2D eigenvalue weighted by Gasteiger charge is 2.27. The lowest BCUT2D eigenvalue weighted by atomic mass is 10.1. The van der Waals surface area contributed by atoms with Crippen LogP contribution in [0.4, 0.5) is 5.13 Å². The second-order valence-corrected chi connectivity index (χ2v) is 11.2. The number of benzene rings is 2. The van der Waals surface area contributed by atoms with Crippen LogP contribution in [0.3, 0.4) is 0 Å². The molecule has 3 aromatic rings. The number of hydrogen-bond donors (Lipinski definition) is 0. The van der Waals surface area contributed by atoms with E-state index in [1.807, 2.05) is 6.07 Å². The van der Waals surface area contributed by atoms with Gasteiger partial charge in [-0.1, -0.05) is 24.3 Å². The van der Waals surface area contributed by atoms with E-state index in [4.69, 9.17) is 9.72 Å². The van der Waals surface area contributed by atoms with Crippen LogP contribution in [0.25, 0.3) is 10.2 Å². The number of rotatable bonds is 7. The van der Waals surface area contributed by atoms with E-state index in [2.05, 4.69) is 19.1 Å². The Labute approximate surface area is 192 Å². The maximum Gasteiger partial charge on any atom is 0.260 e. The van der Waals surface area contributed by atoms with E-state index in [1.165, 1.54) is 43.1 Å². The number of fused-ring (bicyclic) bond motifs is 1. The zero-order valence-corrected chi connectivity index (χ0v) is 20.1. The van der Waals surface area contributed by atoms with Crippen LogP contribution in [-0.4, -0.2) is 57.0 Å². The Hall–Kier alpha value is -2.33. The summed E-state index contributed by atoms with van der Waals surface area (Å²) in [6, 6.07) is 12.2. The van der Waals surface area contributed by atoms with Gasteiger partial charge in [0.05, 0.1) is 27.8 Å². The molecule has 2 aromatic carbocycles. The quantitative estimate of drug-likeness (QED) is 0.519. The number of ether oxygens (including phenoxy) is 1. The van der Waals surface area contributed by atoms with Crippen molar-refractivity contribution in [2.45, 2.75) is 37.2 Å². The minimum Gasteiger partial charge on any atom is -0.376 e. The number of carbonyl (C=O) groups is 1. The first kappa shape index (κ1) is 22.8. The summed E-state index contributed by atoms with van der Waals surface area (Å²) < 4.78 is 32.7. The van der Waals surface area contributed by atoms with Crippen molar-refractivity contribution >= 4 is 42.6 Å². The number of thiazole rings is 1. The number of hydrogen-bond acceptors (Lipinski definition) is 6. The summed E-state index contributed by atoms with van der Waals surface area (Å²) in [5, 5.41) is 0.624. The molecule has 1 fully saturated rings. The summed E-state index contributed by atoms with van der Waals surface area (Å²) >= 11 is 1.49. The number of sulfonamides is 1. The summed E-state index contributed by atoms with van der Waals surface area (Å²) in [5.41, 5.74) is 2.50. The fraction of sp³-hybridized carbons (Fsp3) is 0.391. The number of aromatic nitrogens is 1. The maximum absolute atomic E-state index is 13.5. The largest absolute Gasteiger partial charge is 0.376 e. The number of aryl methyl sites for hydroxylation is 1. The van der Waals surface area contributed by atoms with Crippen molar-refractivity contribution < 1.29 is 17.9 Å². The van der Waals surface area contributed by atoms with Gasteiger partial charge in [-0.2, -0.15) is 0 Å². The smallest absolute Gasteiger partial charge is 0.260 e. The van der Waals surface area contributed by atoms with E-state index in [9.17, 15) is 13.2 Å². The van der Waals surface area contributed by atoms with Crippen LogP contribution in [0.15, 0.2) is 47.4 Å². The molecule has 0 aliphatic carbocycles. The fourth-order valence-corrected chi connectivity index (χ4v) is 5.61. The van der Waals surface area contributed by atoms with Crippen molar-refractivity contribution in [2.75, 3.05) is 32.1 Å². The van der Waals surface area contributed by atoms with Crippen LogP contribution in [0, 0.1) is 0 Å². The molecule has 4 rings (SSSR count). The Morgan fingerprint density at radius 3 is 2.56 bits per heavy atom. The van der Waals surface area contributed by atoms with E-state index >= 15 is 0 Å². The van der Waals surface area contributed by atoms with E-state index in [1.54, 1.807) is 17.0 Å². The minimum atomic E-state index is -3.56. The third-order valence-electron chi connectivity index (χ3n) is 5.62. The van der Waals surface area contributed by atoms with Crippen LogP contribution in [0.5, 0.6) is 0 Å². The van der Waals surface area contributed by atoms with Gasteiger partial charge in [0.25, 0.3) is 5.91 Å². The van der Waals surface area contributed by atoms with Crippen LogP contribution in [0.1, 0.15) is 35.7 Å². The lowest BCUT2D eigenvalue weighted by Crippen LogP contribution is -2.37. The summed E-state index contributed by atoms with van der Waals surface area (Å²) in [7, 11) is -0.594. The standard InChI is InChI=1S/C23H27N3O4S2/c1-4-16-7-12-20-21(14-16)31-23(24-20)26(15-18-6-5-13-30-18)22(27)17-8-10-19(11-9-17)32(28,29)25(2)3/h7-12,14,18H,4-6,13,15H2,1-3H3. The fourth-order valence-electron chi connectivity index (χ4n) is 3.67. The van der Waals surface area contributed by atoms with E-state index < -0.39 is 10.0 Å². The van der Waals surface area contributed by atoms with Gasteiger partial charge < -0.3 is 4.74 Å². The molecule has 1 aliphatic heterocycles. The van der Waals surface area contributed by atoms with E-state index in [0.29, 0.717) is 23.8 Å². The summed E-state index contributed by atoms with van der Waals surface area (Å²) in [6.45, 7) is 3.22. The number of amides is 1. The molecule has 1 aliphatic rings. The average Bonchev–Trinajstić information content (AvgIpc) is 3.45. The third kappa shape index (κ3) is 4.56. The normalized spacial score (nSPS) is 16.7. The highest BCUT2D eigenvalue weighted by Crippen LogP contribution is 2.32. The zero-order valence-electron chi connectivity index (χ0n) is 18.4. The van der Waals surface area contributed by atoms with Gasteiger partial charge in [-0.3, -0.25) is 9.69 Å². The molecule has 0 bridgehead atoms. The molecule has 7 nitrogen and oxygen atoms in total. The van der Waals surface area contributed by atoms with Crippen molar-refractivity contribution in [1.82, 2.24) is 9.29 Å². The molecule has 1 unspecified atom stereocenters. The molecular weight excluding hydrogens is 446 g/mol. The predicted octanol–water partition coefficient (Wildman–Crippen LogP) is 3.93. The molecule has 2 heterocycles. The second-order valence-electron chi connectivity index (χ2n) is 8.01. The second kappa shape index (κ2) is 9.27. The minimum absolute atomic E-state index is 0.0365. The topological polar surface area (TPSA) is 79.8 Å². The van der Waals surface area contributed by atoms with Gasteiger partial charge in [-0.15, -0.1) is 0 Å². The van der Waals surface area contributed by atoms with Crippen molar-refractivity contribution in [2.24, 2.45) is 0 Å². The molecule has 0 spiro atoms. The Kier molecular flexibility index (Phi) is 6.62. The van der Waals surface area contributed by atoms with Crippen LogP contribution in [0.2, 0.25) is 0 Å². The van der Waals surface area contributed by atoms with Gasteiger partial charge in [0.2, 0.25) is 10.0 Å². The Bertz CT molecular complexity index is 1210.